The van der Waals surface area contributed by atoms with Crippen molar-refractivity contribution in [2.45, 2.75) is 156 Å². The van der Waals surface area contributed by atoms with E-state index in [-0.39, 0.29) is 0 Å². The van der Waals surface area contributed by atoms with Gasteiger partial charge in [0, 0.05) is 6.42 Å². The molecule has 1 aromatic rings. The van der Waals surface area contributed by atoms with Gasteiger partial charge in [-0.25, -0.2) is 9.13 Å². The zero-order chi connectivity index (χ0) is 21.0. The molecule has 0 aliphatic heterocycles. The zero-order valence-corrected chi connectivity index (χ0v) is 20.4. The number of hydrogen-bond acceptors (Lipinski definition) is 0. The molecule has 0 unspecified atom stereocenters. The van der Waals surface area contributed by atoms with Crippen LogP contribution in [0.15, 0.2) is 12.4 Å². The summed E-state index contributed by atoms with van der Waals surface area (Å²) in [6.45, 7) is 9.17. The van der Waals surface area contributed by atoms with E-state index in [9.17, 15) is 0 Å². The normalized spacial score (nSPS) is 11.4. The molecule has 0 aromatic carbocycles. The first kappa shape index (κ1) is 26.2. The third kappa shape index (κ3) is 13.2. The van der Waals surface area contributed by atoms with Crippen LogP contribution in [0.2, 0.25) is 0 Å². The van der Waals surface area contributed by atoms with Crippen molar-refractivity contribution in [3.63, 3.8) is 0 Å². The van der Waals surface area contributed by atoms with Gasteiger partial charge in [-0.1, -0.05) is 110 Å². The first-order chi connectivity index (χ1) is 14.3. The molecule has 0 spiro atoms. The van der Waals surface area contributed by atoms with Crippen LogP contribution in [0.1, 0.15) is 142 Å². The Labute approximate surface area is 183 Å². The van der Waals surface area contributed by atoms with E-state index in [0.29, 0.717) is 0 Å². The van der Waals surface area contributed by atoms with Crippen molar-refractivity contribution < 1.29 is 4.57 Å². The second kappa shape index (κ2) is 19.2. The van der Waals surface area contributed by atoms with Crippen LogP contribution < -0.4 is 4.57 Å². The molecule has 0 bridgehead atoms. The summed E-state index contributed by atoms with van der Waals surface area (Å²) in [5.74, 6) is 1.55. The van der Waals surface area contributed by atoms with Crippen molar-refractivity contribution in [3.05, 3.63) is 18.2 Å². The predicted octanol–water partition coefficient (Wildman–Crippen LogP) is 8.40. The SMILES string of the molecule is CCCCCCCCCCCCCCCCCc1n(CCCCC)cc[n+]1CC. The monoisotopic (exact) mass is 405 g/mol. The van der Waals surface area contributed by atoms with Crippen molar-refractivity contribution in [1.82, 2.24) is 4.57 Å². The molecule has 1 heterocycles. The summed E-state index contributed by atoms with van der Waals surface area (Å²) >= 11 is 0. The highest BCUT2D eigenvalue weighted by Gasteiger charge is 2.15. The molecule has 1 rings (SSSR count). The Bertz CT molecular complexity index is 463. The van der Waals surface area contributed by atoms with Gasteiger partial charge in [0.2, 0.25) is 0 Å². The molecule has 0 atom stereocenters. The first-order valence-electron chi connectivity index (χ1n) is 13.4. The Morgan fingerprint density at radius 3 is 1.52 bits per heavy atom. The van der Waals surface area contributed by atoms with Crippen LogP contribution in [0, 0.1) is 0 Å². The minimum atomic E-state index is 1.11. The smallest absolute Gasteiger partial charge is 0.235 e. The molecular weight excluding hydrogens is 352 g/mol. The van der Waals surface area contributed by atoms with Crippen molar-refractivity contribution in [3.8, 4) is 0 Å². The highest BCUT2D eigenvalue weighted by molar-refractivity contribution is 4.84. The lowest BCUT2D eigenvalue weighted by molar-refractivity contribution is -0.700. The third-order valence-corrected chi connectivity index (χ3v) is 6.44. The van der Waals surface area contributed by atoms with Gasteiger partial charge in [-0.3, -0.25) is 0 Å². The molecular formula is C27H53N2+. The van der Waals surface area contributed by atoms with E-state index >= 15 is 0 Å². The minimum Gasteiger partial charge on any atom is -0.235 e. The summed E-state index contributed by atoms with van der Waals surface area (Å²) < 4.78 is 4.97. The molecule has 0 N–H and O–H groups in total. The average molecular weight is 406 g/mol. The van der Waals surface area contributed by atoms with E-state index in [2.05, 4.69) is 42.3 Å². The molecule has 0 aliphatic carbocycles. The molecule has 2 nitrogen and oxygen atoms in total. The molecule has 2 heteroatoms. The Morgan fingerprint density at radius 1 is 0.586 bits per heavy atom. The predicted molar refractivity (Wildman–Crippen MR) is 128 cm³/mol. The van der Waals surface area contributed by atoms with Gasteiger partial charge >= 0.3 is 0 Å². The van der Waals surface area contributed by atoms with E-state index in [1.807, 2.05) is 0 Å². The van der Waals surface area contributed by atoms with Crippen molar-refractivity contribution in [1.29, 1.82) is 0 Å². The van der Waals surface area contributed by atoms with E-state index in [1.165, 1.54) is 129 Å². The lowest BCUT2D eigenvalue weighted by atomic mass is 10.0. The summed E-state index contributed by atoms with van der Waals surface area (Å²) in [7, 11) is 0. The summed E-state index contributed by atoms with van der Waals surface area (Å²) in [4.78, 5) is 0. The lowest BCUT2D eigenvalue weighted by Crippen LogP contribution is -2.36. The van der Waals surface area contributed by atoms with E-state index < -0.39 is 0 Å². The quantitative estimate of drug-likeness (QED) is 0.143. The van der Waals surface area contributed by atoms with E-state index in [0.717, 1.165) is 6.54 Å². The first-order valence-corrected chi connectivity index (χ1v) is 13.4. The molecule has 0 saturated heterocycles. The highest BCUT2D eigenvalue weighted by Crippen LogP contribution is 2.14. The maximum atomic E-state index is 2.52. The number of nitrogens with zero attached hydrogens (tertiary/aromatic N) is 2. The Kier molecular flexibility index (Phi) is 17.4. The molecule has 170 valence electrons. The van der Waals surface area contributed by atoms with Gasteiger partial charge in [-0.2, -0.15) is 0 Å². The van der Waals surface area contributed by atoms with Gasteiger partial charge in [-0.05, 0) is 26.2 Å². The van der Waals surface area contributed by atoms with Gasteiger partial charge in [0.15, 0.2) is 0 Å². The Hall–Kier alpha value is -0.790. The van der Waals surface area contributed by atoms with Crippen LogP contribution in [0.4, 0.5) is 0 Å². The van der Waals surface area contributed by atoms with Crippen LogP contribution >= 0.6 is 0 Å². The lowest BCUT2D eigenvalue weighted by Gasteiger charge is -2.05. The molecule has 1 aromatic heterocycles. The van der Waals surface area contributed by atoms with Crippen LogP contribution in [0.25, 0.3) is 0 Å². The summed E-state index contributed by atoms with van der Waals surface area (Å²) in [6.07, 6.45) is 31.5. The van der Waals surface area contributed by atoms with Gasteiger partial charge in [0.05, 0.1) is 13.1 Å². The molecule has 0 fully saturated rings. The van der Waals surface area contributed by atoms with Crippen molar-refractivity contribution >= 4 is 0 Å². The van der Waals surface area contributed by atoms with Gasteiger partial charge in [0.25, 0.3) is 5.82 Å². The average Bonchev–Trinajstić information content (AvgIpc) is 3.13. The minimum absolute atomic E-state index is 1.11. The second-order valence-corrected chi connectivity index (χ2v) is 9.10. The topological polar surface area (TPSA) is 8.81 Å². The fourth-order valence-electron chi connectivity index (χ4n) is 4.46. The number of aromatic nitrogens is 2. The van der Waals surface area contributed by atoms with Gasteiger partial charge in [0.1, 0.15) is 12.4 Å². The van der Waals surface area contributed by atoms with Crippen molar-refractivity contribution in [2.75, 3.05) is 0 Å². The molecule has 0 aliphatic rings. The van der Waals surface area contributed by atoms with Crippen LogP contribution in [-0.2, 0) is 19.5 Å². The van der Waals surface area contributed by atoms with Crippen LogP contribution in [0.3, 0.4) is 0 Å². The van der Waals surface area contributed by atoms with Gasteiger partial charge in [-0.15, -0.1) is 0 Å². The molecule has 0 amide bonds. The zero-order valence-electron chi connectivity index (χ0n) is 20.4. The van der Waals surface area contributed by atoms with Gasteiger partial charge < -0.3 is 0 Å². The molecule has 0 saturated carbocycles. The fraction of sp³-hybridized carbons (Fsp3) is 0.889. The standard InChI is InChI=1S/C27H53N2/c1-4-7-9-10-11-12-13-14-15-16-17-18-19-20-21-23-27-28(6-3)25-26-29(27)24-22-8-5-2/h25-26H,4-24H2,1-3H3/q+1. The van der Waals surface area contributed by atoms with Crippen molar-refractivity contribution in [2.24, 2.45) is 0 Å². The third-order valence-electron chi connectivity index (χ3n) is 6.44. The number of hydrogen-bond donors (Lipinski definition) is 0. The van der Waals surface area contributed by atoms with E-state index in [4.69, 9.17) is 0 Å². The van der Waals surface area contributed by atoms with Crippen LogP contribution in [0.5, 0.6) is 0 Å². The van der Waals surface area contributed by atoms with E-state index in [1.54, 1.807) is 5.82 Å². The Morgan fingerprint density at radius 2 is 1.03 bits per heavy atom. The summed E-state index contributed by atoms with van der Waals surface area (Å²) in [5, 5.41) is 0. The molecule has 0 radical (unpaired) electrons. The maximum Gasteiger partial charge on any atom is 0.256 e. The molecule has 29 heavy (non-hydrogen) atoms. The number of imidazole rings is 1. The number of rotatable bonds is 21. The summed E-state index contributed by atoms with van der Waals surface area (Å²) in [5.41, 5.74) is 0. The number of unbranched alkanes of at least 4 members (excludes halogenated alkanes) is 16. The largest absolute Gasteiger partial charge is 0.256 e. The maximum absolute atomic E-state index is 2.52. The summed E-state index contributed by atoms with van der Waals surface area (Å²) in [6, 6.07) is 0. The number of aryl methyl sites for hydroxylation is 2. The van der Waals surface area contributed by atoms with Crippen LogP contribution in [-0.4, -0.2) is 4.57 Å². The highest BCUT2D eigenvalue weighted by atomic mass is 15.1. The fourth-order valence-corrected chi connectivity index (χ4v) is 4.46. The second-order valence-electron chi connectivity index (χ2n) is 9.10. The Balaban J connectivity index is 1.97.